The molecule has 1 amide bonds. The summed E-state index contributed by atoms with van der Waals surface area (Å²) in [5.41, 5.74) is 0. The standard InChI is InChI=1S/C12H24N2O2S/c1-13-6-3-4-12(15)14(7-8-16-2)11-5-9-17-10-11/h11,13H,3-10H2,1-2H3. The van der Waals surface area contributed by atoms with Crippen molar-refractivity contribution >= 4 is 17.7 Å². The Morgan fingerprint density at radius 1 is 1.59 bits per heavy atom. The number of thioether (sulfide) groups is 1. The van der Waals surface area contributed by atoms with Gasteiger partial charge in [0.25, 0.3) is 0 Å². The van der Waals surface area contributed by atoms with E-state index in [1.165, 1.54) is 5.75 Å². The molecule has 0 radical (unpaired) electrons. The van der Waals surface area contributed by atoms with Crippen LogP contribution in [0.4, 0.5) is 0 Å². The third kappa shape index (κ3) is 5.27. The van der Waals surface area contributed by atoms with Gasteiger partial charge in [0.2, 0.25) is 5.91 Å². The highest BCUT2D eigenvalue weighted by Gasteiger charge is 2.26. The van der Waals surface area contributed by atoms with Crippen LogP contribution in [0.5, 0.6) is 0 Å². The summed E-state index contributed by atoms with van der Waals surface area (Å²) in [6.45, 7) is 2.28. The number of carbonyl (C=O) groups is 1. The van der Waals surface area contributed by atoms with Crippen LogP contribution in [0.2, 0.25) is 0 Å². The molecule has 1 N–H and O–H groups in total. The molecular weight excluding hydrogens is 236 g/mol. The molecule has 1 unspecified atom stereocenters. The molecule has 1 heterocycles. The molecule has 1 rings (SSSR count). The maximum atomic E-state index is 12.1. The second kappa shape index (κ2) is 8.78. The molecule has 0 aliphatic carbocycles. The van der Waals surface area contributed by atoms with Crippen molar-refractivity contribution in [3.8, 4) is 0 Å². The lowest BCUT2D eigenvalue weighted by Crippen LogP contribution is -2.42. The minimum Gasteiger partial charge on any atom is -0.383 e. The molecule has 17 heavy (non-hydrogen) atoms. The van der Waals surface area contributed by atoms with Crippen molar-refractivity contribution in [1.29, 1.82) is 0 Å². The van der Waals surface area contributed by atoms with Gasteiger partial charge in [0.05, 0.1) is 6.61 Å². The Labute approximate surface area is 108 Å². The molecule has 0 aromatic heterocycles. The lowest BCUT2D eigenvalue weighted by atomic mass is 10.2. The largest absolute Gasteiger partial charge is 0.383 e. The van der Waals surface area contributed by atoms with Crippen molar-refractivity contribution in [3.63, 3.8) is 0 Å². The van der Waals surface area contributed by atoms with E-state index in [-0.39, 0.29) is 5.91 Å². The number of hydrogen-bond donors (Lipinski definition) is 1. The summed E-state index contributed by atoms with van der Waals surface area (Å²) in [5.74, 6) is 2.55. The highest BCUT2D eigenvalue weighted by Crippen LogP contribution is 2.22. The minimum absolute atomic E-state index is 0.282. The van der Waals surface area contributed by atoms with Gasteiger partial charge in [0.1, 0.15) is 0 Å². The van der Waals surface area contributed by atoms with E-state index in [1.807, 2.05) is 23.7 Å². The summed E-state index contributed by atoms with van der Waals surface area (Å²) < 4.78 is 5.09. The van der Waals surface area contributed by atoms with Crippen LogP contribution in [-0.4, -0.2) is 62.2 Å². The topological polar surface area (TPSA) is 41.6 Å². The van der Waals surface area contributed by atoms with Gasteiger partial charge in [-0.15, -0.1) is 0 Å². The lowest BCUT2D eigenvalue weighted by Gasteiger charge is -2.28. The molecule has 100 valence electrons. The van der Waals surface area contributed by atoms with E-state index in [2.05, 4.69) is 5.32 Å². The van der Waals surface area contributed by atoms with Crippen molar-refractivity contribution in [1.82, 2.24) is 10.2 Å². The highest BCUT2D eigenvalue weighted by molar-refractivity contribution is 7.99. The van der Waals surface area contributed by atoms with Gasteiger partial charge >= 0.3 is 0 Å². The minimum atomic E-state index is 0.282. The third-order valence-corrected chi connectivity index (χ3v) is 4.17. The fraction of sp³-hybridized carbons (Fsp3) is 0.917. The SMILES string of the molecule is CNCCCC(=O)N(CCOC)C1CCSC1. The highest BCUT2D eigenvalue weighted by atomic mass is 32.2. The molecule has 0 aromatic carbocycles. The smallest absolute Gasteiger partial charge is 0.222 e. The summed E-state index contributed by atoms with van der Waals surface area (Å²) in [7, 11) is 3.60. The quantitative estimate of drug-likeness (QED) is 0.660. The molecule has 1 atom stereocenters. The average Bonchev–Trinajstić information content (AvgIpc) is 2.83. The molecule has 1 saturated heterocycles. The summed E-state index contributed by atoms with van der Waals surface area (Å²) in [6, 6.07) is 0.428. The fourth-order valence-electron chi connectivity index (χ4n) is 2.03. The molecule has 1 fully saturated rings. The van der Waals surface area contributed by atoms with E-state index in [9.17, 15) is 4.79 Å². The first kappa shape index (κ1) is 14.8. The number of nitrogens with zero attached hydrogens (tertiary/aromatic N) is 1. The Balaban J connectivity index is 2.39. The first-order chi connectivity index (χ1) is 8.29. The molecule has 0 saturated carbocycles. The predicted molar refractivity (Wildman–Crippen MR) is 72.5 cm³/mol. The van der Waals surface area contributed by atoms with Gasteiger partial charge in [-0.1, -0.05) is 0 Å². The summed E-state index contributed by atoms with van der Waals surface area (Å²) in [5, 5.41) is 3.08. The number of amides is 1. The zero-order valence-corrected chi connectivity index (χ0v) is 11.7. The second-order valence-electron chi connectivity index (χ2n) is 4.30. The number of hydrogen-bond acceptors (Lipinski definition) is 4. The Morgan fingerprint density at radius 3 is 3.00 bits per heavy atom. The third-order valence-electron chi connectivity index (χ3n) is 3.02. The Hall–Kier alpha value is -0.260. The molecule has 1 aliphatic heterocycles. The van der Waals surface area contributed by atoms with E-state index in [0.717, 1.165) is 31.7 Å². The number of rotatable bonds is 8. The molecule has 5 heteroatoms. The number of ether oxygens (including phenoxy) is 1. The molecule has 4 nitrogen and oxygen atoms in total. The van der Waals surface area contributed by atoms with E-state index in [4.69, 9.17) is 4.74 Å². The molecular formula is C12H24N2O2S. The predicted octanol–water partition coefficient (Wildman–Crippen LogP) is 0.967. The van der Waals surface area contributed by atoms with E-state index in [0.29, 0.717) is 19.1 Å². The lowest BCUT2D eigenvalue weighted by molar-refractivity contribution is -0.133. The first-order valence-corrected chi connectivity index (χ1v) is 7.45. The monoisotopic (exact) mass is 260 g/mol. The summed E-state index contributed by atoms with van der Waals surface area (Å²) in [6.07, 6.45) is 2.69. The number of methoxy groups -OCH3 is 1. The van der Waals surface area contributed by atoms with Gasteiger partial charge in [-0.25, -0.2) is 0 Å². The zero-order chi connectivity index (χ0) is 12.5. The van der Waals surface area contributed by atoms with Gasteiger partial charge in [-0.2, -0.15) is 11.8 Å². The van der Waals surface area contributed by atoms with Gasteiger partial charge in [-0.3, -0.25) is 4.79 Å². The van der Waals surface area contributed by atoms with Crippen LogP contribution in [0.1, 0.15) is 19.3 Å². The van der Waals surface area contributed by atoms with Crippen LogP contribution in [0.3, 0.4) is 0 Å². The Morgan fingerprint density at radius 2 is 2.41 bits per heavy atom. The van der Waals surface area contributed by atoms with Crippen molar-refractivity contribution in [2.45, 2.75) is 25.3 Å². The zero-order valence-electron chi connectivity index (χ0n) is 10.9. The Kier molecular flexibility index (Phi) is 7.64. The molecule has 0 spiro atoms. The molecule has 1 aliphatic rings. The van der Waals surface area contributed by atoms with E-state index in [1.54, 1.807) is 7.11 Å². The maximum absolute atomic E-state index is 12.1. The average molecular weight is 260 g/mol. The van der Waals surface area contributed by atoms with Crippen molar-refractivity contribution < 1.29 is 9.53 Å². The fourth-order valence-corrected chi connectivity index (χ4v) is 3.25. The van der Waals surface area contributed by atoms with Crippen LogP contribution in [-0.2, 0) is 9.53 Å². The van der Waals surface area contributed by atoms with Crippen LogP contribution >= 0.6 is 11.8 Å². The van der Waals surface area contributed by atoms with Gasteiger partial charge in [-0.05, 0) is 32.2 Å². The van der Waals surface area contributed by atoms with Crippen LogP contribution in [0.25, 0.3) is 0 Å². The van der Waals surface area contributed by atoms with Crippen molar-refractivity contribution in [3.05, 3.63) is 0 Å². The summed E-state index contributed by atoms with van der Waals surface area (Å²) >= 11 is 1.94. The van der Waals surface area contributed by atoms with Crippen LogP contribution < -0.4 is 5.32 Å². The number of nitrogens with one attached hydrogen (secondary N) is 1. The van der Waals surface area contributed by atoms with Crippen LogP contribution in [0, 0.1) is 0 Å². The summed E-state index contributed by atoms with van der Waals surface area (Å²) in [4.78, 5) is 14.2. The Bertz CT molecular complexity index is 221. The molecule has 0 aromatic rings. The number of carbonyl (C=O) groups excluding carboxylic acids is 1. The first-order valence-electron chi connectivity index (χ1n) is 6.30. The van der Waals surface area contributed by atoms with Crippen molar-refractivity contribution in [2.75, 3.05) is 45.4 Å². The molecule has 0 bridgehead atoms. The van der Waals surface area contributed by atoms with Gasteiger partial charge < -0.3 is 15.0 Å². The van der Waals surface area contributed by atoms with E-state index >= 15 is 0 Å². The second-order valence-corrected chi connectivity index (χ2v) is 5.45. The van der Waals surface area contributed by atoms with Crippen molar-refractivity contribution in [2.24, 2.45) is 0 Å². The van der Waals surface area contributed by atoms with Gasteiger partial charge in [0, 0.05) is 31.9 Å². The maximum Gasteiger partial charge on any atom is 0.222 e. The van der Waals surface area contributed by atoms with Gasteiger partial charge in [0.15, 0.2) is 0 Å². The van der Waals surface area contributed by atoms with Crippen LogP contribution in [0.15, 0.2) is 0 Å². The van der Waals surface area contributed by atoms with E-state index < -0.39 is 0 Å². The normalized spacial score (nSPS) is 19.5.